The number of fused-ring (bicyclic) bond motifs is 1. The Morgan fingerprint density at radius 2 is 1.72 bits per heavy atom. The predicted octanol–water partition coefficient (Wildman–Crippen LogP) is 5.22. The van der Waals surface area contributed by atoms with Crippen molar-refractivity contribution >= 4 is 27.0 Å². The van der Waals surface area contributed by atoms with E-state index in [4.69, 9.17) is 4.98 Å². The zero-order valence-electron chi connectivity index (χ0n) is 20.3. The molecule has 1 aromatic heterocycles. The van der Waals surface area contributed by atoms with Gasteiger partial charge in [-0.15, -0.1) is 11.3 Å². The first-order valence-corrected chi connectivity index (χ1v) is 14.3. The summed E-state index contributed by atoms with van der Waals surface area (Å²) >= 11 is 1.56. The Morgan fingerprint density at radius 1 is 1.08 bits per heavy atom. The number of alkyl halides is 2. The maximum absolute atomic E-state index is 12.7. The van der Waals surface area contributed by atoms with Crippen molar-refractivity contribution in [2.45, 2.75) is 57.3 Å². The molecule has 0 unspecified atom stereocenters. The van der Waals surface area contributed by atoms with E-state index in [1.807, 2.05) is 0 Å². The van der Waals surface area contributed by atoms with Crippen molar-refractivity contribution in [2.24, 2.45) is 5.92 Å². The standard InChI is InChI=1S/C26H28F2N2O4S2/c1-16(2)25-24-22(15-30(25)14-18-4-8-20(9-5-18)34-26(27)28)35-23(29-24)13-19(31)12-17-6-10-21(11-7-17)36(3,32)33/h4-11,16,25-26H,12-15H2,1-3H3/t25-/m1/s1. The summed E-state index contributed by atoms with van der Waals surface area (Å²) in [4.78, 5) is 21.2. The quantitative estimate of drug-likeness (QED) is 0.355. The molecule has 10 heteroatoms. The van der Waals surface area contributed by atoms with Gasteiger partial charge in [-0.2, -0.15) is 8.78 Å². The first kappa shape index (κ1) is 26.4. The number of benzene rings is 2. The summed E-state index contributed by atoms with van der Waals surface area (Å²) in [5.74, 6) is 0.460. The zero-order chi connectivity index (χ0) is 26.0. The van der Waals surface area contributed by atoms with Crippen molar-refractivity contribution in [2.75, 3.05) is 6.26 Å². The number of carbonyl (C=O) groups excluding carboxylic acids is 1. The number of nitrogens with zero attached hydrogens (tertiary/aromatic N) is 2. The van der Waals surface area contributed by atoms with Crippen LogP contribution in [0.1, 0.15) is 46.6 Å². The van der Waals surface area contributed by atoms with E-state index in [2.05, 4.69) is 23.5 Å². The number of carbonyl (C=O) groups is 1. The van der Waals surface area contributed by atoms with Gasteiger partial charge < -0.3 is 4.74 Å². The smallest absolute Gasteiger partial charge is 0.387 e. The molecular formula is C26H28F2N2O4S2. The average molecular weight is 535 g/mol. The monoisotopic (exact) mass is 534 g/mol. The Balaban J connectivity index is 1.40. The molecule has 2 heterocycles. The molecule has 0 saturated carbocycles. The van der Waals surface area contributed by atoms with Gasteiger partial charge in [0.1, 0.15) is 16.5 Å². The number of Topliss-reactive ketones (excluding diaryl/α,β-unsaturated/α-hetero) is 1. The summed E-state index contributed by atoms with van der Waals surface area (Å²) in [5, 5.41) is 0.788. The third-order valence-corrected chi connectivity index (χ3v) is 8.24. The van der Waals surface area contributed by atoms with Crippen molar-refractivity contribution in [1.29, 1.82) is 0 Å². The van der Waals surface area contributed by atoms with E-state index >= 15 is 0 Å². The highest BCUT2D eigenvalue weighted by Crippen LogP contribution is 2.42. The highest BCUT2D eigenvalue weighted by atomic mass is 32.2. The number of aromatic nitrogens is 1. The number of hydrogen-bond donors (Lipinski definition) is 0. The van der Waals surface area contributed by atoms with Gasteiger partial charge in [0, 0.05) is 30.6 Å². The molecule has 0 saturated heterocycles. The van der Waals surface area contributed by atoms with Crippen LogP contribution in [0.25, 0.3) is 0 Å². The maximum atomic E-state index is 12.7. The van der Waals surface area contributed by atoms with Crippen LogP contribution in [0.5, 0.6) is 5.75 Å². The molecule has 1 aliphatic rings. The lowest BCUT2D eigenvalue weighted by Crippen LogP contribution is -2.26. The minimum atomic E-state index is -3.27. The molecule has 2 aromatic carbocycles. The van der Waals surface area contributed by atoms with Gasteiger partial charge in [0.2, 0.25) is 0 Å². The molecule has 0 fully saturated rings. The first-order chi connectivity index (χ1) is 17.0. The lowest BCUT2D eigenvalue weighted by Gasteiger charge is -2.27. The van der Waals surface area contributed by atoms with Gasteiger partial charge in [0.05, 0.1) is 23.1 Å². The largest absolute Gasteiger partial charge is 0.435 e. The summed E-state index contributed by atoms with van der Waals surface area (Å²) < 4.78 is 52.5. The van der Waals surface area contributed by atoms with Gasteiger partial charge in [0.15, 0.2) is 9.84 Å². The Morgan fingerprint density at radius 3 is 2.31 bits per heavy atom. The van der Waals surface area contributed by atoms with Gasteiger partial charge in [-0.05, 0) is 41.3 Å². The molecule has 0 N–H and O–H groups in total. The molecule has 1 aliphatic heterocycles. The molecule has 192 valence electrons. The Labute approximate surface area is 213 Å². The van der Waals surface area contributed by atoms with E-state index in [1.165, 1.54) is 12.1 Å². The summed E-state index contributed by atoms with van der Waals surface area (Å²) in [5.41, 5.74) is 2.77. The van der Waals surface area contributed by atoms with Crippen LogP contribution in [0.3, 0.4) is 0 Å². The number of sulfone groups is 1. The number of rotatable bonds is 10. The van der Waals surface area contributed by atoms with Crippen LogP contribution in [0, 0.1) is 5.92 Å². The first-order valence-electron chi connectivity index (χ1n) is 11.6. The third-order valence-electron chi connectivity index (χ3n) is 6.06. The second kappa shape index (κ2) is 10.7. The highest BCUT2D eigenvalue weighted by Gasteiger charge is 2.36. The summed E-state index contributed by atoms with van der Waals surface area (Å²) in [7, 11) is -3.27. The van der Waals surface area contributed by atoms with Crippen molar-refractivity contribution in [3.63, 3.8) is 0 Å². The lowest BCUT2D eigenvalue weighted by molar-refractivity contribution is -0.117. The van der Waals surface area contributed by atoms with Crippen LogP contribution in [0.4, 0.5) is 8.78 Å². The molecule has 36 heavy (non-hydrogen) atoms. The topological polar surface area (TPSA) is 76.6 Å². The Kier molecular flexibility index (Phi) is 7.87. The molecule has 0 bridgehead atoms. The SMILES string of the molecule is CC(C)[C@@H]1c2nc(CC(=O)Cc3ccc(S(C)(=O)=O)cc3)sc2CN1Cc1ccc(OC(F)F)cc1. The Bertz CT molecular complexity index is 1320. The van der Waals surface area contributed by atoms with Crippen LogP contribution in [0.2, 0.25) is 0 Å². The fourth-order valence-corrected chi connectivity index (χ4v) is 6.30. The molecule has 1 atom stereocenters. The van der Waals surface area contributed by atoms with E-state index in [1.54, 1.807) is 47.7 Å². The molecule has 0 radical (unpaired) electrons. The average Bonchev–Trinajstić information content (AvgIpc) is 3.30. The molecule has 4 rings (SSSR count). The summed E-state index contributed by atoms with van der Waals surface area (Å²) in [6.07, 6.45) is 1.61. The lowest BCUT2D eigenvalue weighted by atomic mass is 10.0. The van der Waals surface area contributed by atoms with Crippen LogP contribution in [0.15, 0.2) is 53.4 Å². The molecule has 6 nitrogen and oxygen atoms in total. The van der Waals surface area contributed by atoms with Crippen LogP contribution >= 0.6 is 11.3 Å². The molecule has 3 aromatic rings. The minimum Gasteiger partial charge on any atom is -0.435 e. The van der Waals surface area contributed by atoms with Crippen molar-refractivity contribution in [3.8, 4) is 5.75 Å². The van der Waals surface area contributed by atoms with Gasteiger partial charge in [-0.1, -0.05) is 38.1 Å². The molecule has 0 spiro atoms. The summed E-state index contributed by atoms with van der Waals surface area (Å²) in [6, 6.07) is 13.2. The van der Waals surface area contributed by atoms with E-state index in [0.717, 1.165) is 33.0 Å². The normalized spacial score (nSPS) is 16.0. The van der Waals surface area contributed by atoms with Crippen molar-refractivity contribution in [3.05, 3.63) is 75.2 Å². The summed E-state index contributed by atoms with van der Waals surface area (Å²) in [6.45, 7) is 2.79. The molecule has 0 amide bonds. The van der Waals surface area contributed by atoms with E-state index in [-0.39, 0.29) is 35.3 Å². The Hall–Kier alpha value is -2.69. The molecule has 0 aliphatic carbocycles. The van der Waals surface area contributed by atoms with Crippen molar-refractivity contribution < 1.29 is 26.7 Å². The zero-order valence-corrected chi connectivity index (χ0v) is 21.9. The van der Waals surface area contributed by atoms with Crippen LogP contribution in [-0.4, -0.2) is 37.0 Å². The van der Waals surface area contributed by atoms with Crippen LogP contribution < -0.4 is 4.74 Å². The third kappa shape index (κ3) is 6.35. The number of ketones is 1. The highest BCUT2D eigenvalue weighted by molar-refractivity contribution is 7.90. The van der Waals surface area contributed by atoms with Crippen LogP contribution in [-0.2, 0) is 40.6 Å². The minimum absolute atomic E-state index is 0.0265. The fourth-order valence-electron chi connectivity index (χ4n) is 4.51. The number of hydrogen-bond acceptors (Lipinski definition) is 7. The van der Waals surface area contributed by atoms with E-state index in [9.17, 15) is 22.0 Å². The maximum Gasteiger partial charge on any atom is 0.387 e. The molecular weight excluding hydrogens is 506 g/mol. The van der Waals surface area contributed by atoms with E-state index < -0.39 is 16.4 Å². The number of ether oxygens (including phenoxy) is 1. The van der Waals surface area contributed by atoms with Gasteiger partial charge in [0.25, 0.3) is 0 Å². The second-order valence-corrected chi connectivity index (χ2v) is 12.5. The van der Waals surface area contributed by atoms with Crippen molar-refractivity contribution in [1.82, 2.24) is 9.88 Å². The predicted molar refractivity (Wildman–Crippen MR) is 134 cm³/mol. The second-order valence-electron chi connectivity index (χ2n) is 9.34. The van der Waals surface area contributed by atoms with Gasteiger partial charge in [-0.3, -0.25) is 9.69 Å². The van der Waals surface area contributed by atoms with Gasteiger partial charge >= 0.3 is 6.61 Å². The van der Waals surface area contributed by atoms with Gasteiger partial charge in [-0.25, -0.2) is 13.4 Å². The fraction of sp³-hybridized carbons (Fsp3) is 0.385. The van der Waals surface area contributed by atoms with E-state index in [0.29, 0.717) is 19.0 Å². The number of halogens is 2. The number of thiazole rings is 1.